The number of aryl methyl sites for hydroxylation is 3. The van der Waals surface area contributed by atoms with Crippen LogP contribution >= 0.6 is 0 Å². The summed E-state index contributed by atoms with van der Waals surface area (Å²) >= 11 is 0. The van der Waals surface area contributed by atoms with E-state index in [2.05, 4.69) is 32.5 Å². The van der Waals surface area contributed by atoms with Gasteiger partial charge in [0, 0.05) is 83.1 Å². The molecule has 62 heavy (non-hydrogen) atoms. The van der Waals surface area contributed by atoms with Gasteiger partial charge in [-0.15, -0.1) is 0 Å². The number of benzene rings is 2. The maximum absolute atomic E-state index is 13.5. The van der Waals surface area contributed by atoms with E-state index in [1.54, 1.807) is 82.7 Å². The maximum Gasteiger partial charge on any atom is 0.291 e. The van der Waals surface area contributed by atoms with Gasteiger partial charge in [0.2, 0.25) is 11.7 Å². The van der Waals surface area contributed by atoms with Crippen molar-refractivity contribution in [1.29, 1.82) is 0 Å². The molecule has 6 aromatic rings. The molecule has 0 saturated carbocycles. The average Bonchev–Trinajstić information content (AvgIpc) is 4.07. The highest BCUT2D eigenvalue weighted by atomic mass is 16.5. The topological polar surface area (TPSA) is 214 Å². The summed E-state index contributed by atoms with van der Waals surface area (Å²) in [5.41, 5.74) is 10.7. The van der Waals surface area contributed by atoms with Crippen molar-refractivity contribution in [3.05, 3.63) is 114 Å². The molecule has 4 aromatic heterocycles. The molecule has 5 N–H and O–H groups in total. The number of ether oxygens (including phenoxy) is 2. The van der Waals surface area contributed by atoms with Crippen molar-refractivity contribution in [2.75, 3.05) is 36.2 Å². The second-order valence-electron chi connectivity index (χ2n) is 15.3. The van der Waals surface area contributed by atoms with Crippen molar-refractivity contribution in [3.8, 4) is 11.5 Å². The number of imidazole rings is 1. The number of fused-ring (bicyclic) bond motifs is 3. The number of nitrogens with two attached hydrogens (primary N) is 1. The molecule has 0 bridgehead atoms. The van der Waals surface area contributed by atoms with Crippen LogP contribution in [0.4, 0.5) is 22.9 Å². The number of carbonyl (C=O) groups excluding carboxylic acids is 5. The molecule has 18 nitrogen and oxygen atoms in total. The number of hydrogen-bond donors (Lipinski definition) is 4. The summed E-state index contributed by atoms with van der Waals surface area (Å²) in [6.45, 7) is 5.07. The van der Waals surface area contributed by atoms with Crippen LogP contribution in [0, 0.1) is 0 Å². The number of nitrogens with zero attached hydrogens (tertiary/aromatic N) is 7. The zero-order chi connectivity index (χ0) is 43.8. The van der Waals surface area contributed by atoms with Crippen LogP contribution in [-0.4, -0.2) is 90.2 Å². The fraction of sp³-hybridized carbons (Fsp3) is 0.250. The third-order valence-electron chi connectivity index (χ3n) is 10.8. The number of rotatable bonds is 13. The fourth-order valence-electron chi connectivity index (χ4n) is 7.67. The molecule has 0 unspecified atom stereocenters. The van der Waals surface area contributed by atoms with E-state index in [1.807, 2.05) is 24.3 Å². The molecule has 1 saturated heterocycles. The Morgan fingerprint density at radius 1 is 0.887 bits per heavy atom. The minimum Gasteiger partial charge on any atom is -0.493 e. The van der Waals surface area contributed by atoms with Crippen LogP contribution in [0.3, 0.4) is 0 Å². The fourth-order valence-corrected chi connectivity index (χ4v) is 7.67. The summed E-state index contributed by atoms with van der Waals surface area (Å²) in [6.07, 6.45) is 9.33. The summed E-state index contributed by atoms with van der Waals surface area (Å²) in [6, 6.07) is 13.8. The molecule has 0 radical (unpaired) electrons. The number of methoxy groups -OCH3 is 1. The summed E-state index contributed by atoms with van der Waals surface area (Å²) in [5.74, 6) is -0.779. The van der Waals surface area contributed by atoms with E-state index in [0.29, 0.717) is 65.7 Å². The van der Waals surface area contributed by atoms with E-state index in [1.165, 1.54) is 23.9 Å². The minimum absolute atomic E-state index is 0.0251. The van der Waals surface area contributed by atoms with Gasteiger partial charge in [-0.1, -0.05) is 18.2 Å². The Kier molecular flexibility index (Phi) is 11.1. The van der Waals surface area contributed by atoms with Crippen molar-refractivity contribution >= 4 is 69.5 Å². The van der Waals surface area contributed by atoms with Crippen LogP contribution < -0.4 is 31.2 Å². The molecule has 6 heterocycles. The molecule has 0 spiro atoms. The van der Waals surface area contributed by atoms with Crippen molar-refractivity contribution in [2.24, 2.45) is 31.9 Å². The van der Waals surface area contributed by atoms with E-state index < -0.39 is 11.8 Å². The number of aromatic nitrogens is 5. The predicted octanol–water partition coefficient (Wildman–Crippen LogP) is 5.00. The van der Waals surface area contributed by atoms with Gasteiger partial charge < -0.3 is 49.8 Å². The Bertz CT molecular complexity index is 2840. The average molecular weight is 840 g/mol. The summed E-state index contributed by atoms with van der Waals surface area (Å²) < 4.78 is 17.7. The Hall–Kier alpha value is -7.73. The first-order valence-electron chi connectivity index (χ1n) is 19.8. The first-order valence-corrected chi connectivity index (χ1v) is 19.8. The van der Waals surface area contributed by atoms with Crippen LogP contribution in [0.5, 0.6) is 11.5 Å². The minimum atomic E-state index is -0.562. The number of aliphatic imine (C=N–C) groups is 1. The zero-order valence-electron chi connectivity index (χ0n) is 34.6. The first-order chi connectivity index (χ1) is 29.8. The third-order valence-corrected chi connectivity index (χ3v) is 10.8. The van der Waals surface area contributed by atoms with Crippen molar-refractivity contribution in [1.82, 2.24) is 28.2 Å². The van der Waals surface area contributed by atoms with Crippen LogP contribution in [-0.2, 0) is 32.5 Å². The van der Waals surface area contributed by atoms with Gasteiger partial charge >= 0.3 is 0 Å². The van der Waals surface area contributed by atoms with Gasteiger partial charge in [0.05, 0.1) is 47.9 Å². The van der Waals surface area contributed by atoms with Crippen LogP contribution in [0.15, 0.2) is 90.5 Å². The van der Waals surface area contributed by atoms with Gasteiger partial charge in [0.25, 0.3) is 23.6 Å². The molecule has 2 aliphatic heterocycles. The van der Waals surface area contributed by atoms with E-state index in [9.17, 15) is 24.0 Å². The summed E-state index contributed by atoms with van der Waals surface area (Å²) in [4.78, 5) is 76.9. The standard InChI is InChI=1S/C44H45N11O7/c1-25-13-30-20-46-32-18-37(36(61-5)17-31(32)43(59)55(30)21-25)62-12-6-7-39(56)49-38-24-53(4)40(50-38)42(58)48-28-15-34(51(2)22-28)41(57)47-29-16-35(52(3)23-29)44(60)54-11-10-27-14-26(19-45)8-9-33(27)54/h8-11,14-18,20,22-24,30H,1,6-7,12-13,19,21,45H2,2-5H3,(H,47,57)(H,48,58)(H,49,56)/t30-/m0/s1. The number of carbonyl (C=O) groups is 5. The smallest absolute Gasteiger partial charge is 0.291 e. The SMILES string of the molecule is C=C1C[C@H]2C=Nc3cc(OCCCC(=O)Nc4cn(C)c(C(=O)Nc5cc(C(=O)Nc6cc(C(=O)n7ccc8cc(CN)ccc87)n(C)c6)n(C)c5)n4)c(OC)cc3C(=O)N2C1. The first kappa shape index (κ1) is 41.0. The molecular weight excluding hydrogens is 795 g/mol. The number of nitrogens with one attached hydrogen (secondary N) is 3. The summed E-state index contributed by atoms with van der Waals surface area (Å²) in [5, 5.41) is 9.21. The second-order valence-corrected chi connectivity index (χ2v) is 15.3. The van der Waals surface area contributed by atoms with Gasteiger partial charge in [-0.25, -0.2) is 4.98 Å². The maximum atomic E-state index is 13.5. The molecule has 8 rings (SSSR count). The Balaban J connectivity index is 0.835. The Labute approximate surface area is 355 Å². The number of amides is 4. The predicted molar refractivity (Wildman–Crippen MR) is 233 cm³/mol. The highest BCUT2D eigenvalue weighted by Crippen LogP contribution is 2.38. The van der Waals surface area contributed by atoms with Crippen molar-refractivity contribution < 1.29 is 33.4 Å². The normalized spacial score (nSPS) is 14.4. The van der Waals surface area contributed by atoms with Gasteiger partial charge in [-0.3, -0.25) is 33.5 Å². The van der Waals surface area contributed by atoms with E-state index in [4.69, 9.17) is 15.2 Å². The molecule has 1 atom stereocenters. The van der Waals surface area contributed by atoms with Crippen LogP contribution in [0.1, 0.15) is 66.8 Å². The Morgan fingerprint density at radius 2 is 1.63 bits per heavy atom. The largest absolute Gasteiger partial charge is 0.493 e. The second kappa shape index (κ2) is 16.7. The van der Waals surface area contributed by atoms with Crippen LogP contribution in [0.25, 0.3) is 10.9 Å². The third kappa shape index (κ3) is 8.10. The molecule has 2 aromatic carbocycles. The molecule has 18 heteroatoms. The van der Waals surface area contributed by atoms with Crippen molar-refractivity contribution in [2.45, 2.75) is 31.8 Å². The summed E-state index contributed by atoms with van der Waals surface area (Å²) in [7, 11) is 6.50. The van der Waals surface area contributed by atoms with Gasteiger partial charge in [-0.2, -0.15) is 0 Å². The van der Waals surface area contributed by atoms with E-state index >= 15 is 0 Å². The monoisotopic (exact) mass is 839 g/mol. The lowest BCUT2D eigenvalue weighted by Crippen LogP contribution is -2.35. The molecular formula is C44H45N11O7. The molecule has 2 aliphatic rings. The van der Waals surface area contributed by atoms with Crippen molar-refractivity contribution in [3.63, 3.8) is 0 Å². The molecule has 1 fully saturated rings. The quantitative estimate of drug-likeness (QED) is 0.0909. The van der Waals surface area contributed by atoms with Gasteiger partial charge in [0.1, 0.15) is 11.4 Å². The number of anilines is 3. The molecule has 318 valence electrons. The molecule has 0 aliphatic carbocycles. The number of hydrogen-bond acceptors (Lipinski definition) is 10. The van der Waals surface area contributed by atoms with E-state index in [-0.39, 0.29) is 54.1 Å². The lowest BCUT2D eigenvalue weighted by molar-refractivity contribution is -0.116. The van der Waals surface area contributed by atoms with Crippen LogP contribution in [0.2, 0.25) is 0 Å². The highest BCUT2D eigenvalue weighted by molar-refractivity contribution is 6.08. The molecule has 4 amide bonds. The Morgan fingerprint density at radius 3 is 2.39 bits per heavy atom. The van der Waals surface area contributed by atoms with E-state index in [0.717, 1.165) is 22.0 Å². The van der Waals surface area contributed by atoms with Gasteiger partial charge in [0.15, 0.2) is 17.3 Å². The zero-order valence-corrected chi connectivity index (χ0v) is 34.6. The lowest BCUT2D eigenvalue weighted by atomic mass is 10.1. The highest BCUT2D eigenvalue weighted by Gasteiger charge is 2.34. The van der Waals surface area contributed by atoms with Gasteiger partial charge in [-0.05, 0) is 54.8 Å². The lowest BCUT2D eigenvalue weighted by Gasteiger charge is -2.20.